The van der Waals surface area contributed by atoms with Crippen LogP contribution in [-0.2, 0) is 30.2 Å². The molecule has 35 heavy (non-hydrogen) atoms. The van der Waals surface area contributed by atoms with Crippen molar-refractivity contribution in [2.75, 3.05) is 49.5 Å². The molecule has 1 N–H and O–H groups in total. The fraction of sp³-hybridized carbons (Fsp3) is 0.538. The third-order valence-electron chi connectivity index (χ3n) is 7.22. The molecule has 2 aromatic rings. The highest BCUT2D eigenvalue weighted by Crippen LogP contribution is 2.38. The number of aryl methyl sites for hydroxylation is 1. The minimum absolute atomic E-state index is 0.0276. The van der Waals surface area contributed by atoms with E-state index in [2.05, 4.69) is 38.3 Å². The first-order chi connectivity index (χ1) is 16.9. The summed E-state index contributed by atoms with van der Waals surface area (Å²) in [4.78, 5) is 20.7. The number of anilines is 2. The summed E-state index contributed by atoms with van der Waals surface area (Å²) >= 11 is 0. The van der Waals surface area contributed by atoms with Gasteiger partial charge >= 0.3 is 6.18 Å². The maximum atomic E-state index is 13.5. The van der Waals surface area contributed by atoms with E-state index in [1.807, 2.05) is 0 Å². The third-order valence-corrected chi connectivity index (χ3v) is 7.22. The molecule has 1 saturated heterocycles. The van der Waals surface area contributed by atoms with Crippen molar-refractivity contribution >= 4 is 17.4 Å². The first-order valence-electron chi connectivity index (χ1n) is 12.5. The first-order valence-corrected chi connectivity index (χ1v) is 12.5. The van der Waals surface area contributed by atoms with Crippen molar-refractivity contribution in [1.82, 2.24) is 9.88 Å². The van der Waals surface area contributed by atoms with Gasteiger partial charge in [0.15, 0.2) is 0 Å². The number of piperazine rings is 1. The molecule has 0 spiro atoms. The number of fused-ring (bicyclic) bond motifs is 2. The van der Waals surface area contributed by atoms with Crippen LogP contribution < -0.4 is 15.0 Å². The van der Waals surface area contributed by atoms with E-state index in [-0.39, 0.29) is 42.6 Å². The quantitative estimate of drug-likeness (QED) is 0.584. The van der Waals surface area contributed by atoms with Crippen molar-refractivity contribution in [2.45, 2.75) is 51.1 Å². The molecule has 188 valence electrons. The molecule has 5 rings (SSSR count). The lowest BCUT2D eigenvalue weighted by molar-refractivity contribution is -0.138. The SMILES string of the molecule is O=C1CCc2c(C(F)(F)F)cc(OCCCCN3CCN(c4cccc5c4CCC5)CC3)nc2N1. The van der Waals surface area contributed by atoms with E-state index < -0.39 is 11.7 Å². The maximum absolute atomic E-state index is 13.5. The highest BCUT2D eigenvalue weighted by atomic mass is 19.4. The lowest BCUT2D eigenvalue weighted by atomic mass is 10.0. The number of carbonyl (C=O) groups is 1. The van der Waals surface area contributed by atoms with Crippen LogP contribution in [0.3, 0.4) is 0 Å². The van der Waals surface area contributed by atoms with Gasteiger partial charge in [-0.1, -0.05) is 12.1 Å². The van der Waals surface area contributed by atoms with Gasteiger partial charge in [-0.15, -0.1) is 0 Å². The smallest absolute Gasteiger partial charge is 0.417 e. The summed E-state index contributed by atoms with van der Waals surface area (Å²) in [6, 6.07) is 7.63. The number of ether oxygens (including phenoxy) is 1. The molecule has 0 unspecified atom stereocenters. The molecule has 3 heterocycles. The topological polar surface area (TPSA) is 57.7 Å². The van der Waals surface area contributed by atoms with Gasteiger partial charge in [0.2, 0.25) is 11.8 Å². The minimum Gasteiger partial charge on any atom is -0.478 e. The summed E-state index contributed by atoms with van der Waals surface area (Å²) in [5, 5.41) is 2.45. The third kappa shape index (κ3) is 5.39. The number of hydrogen-bond donors (Lipinski definition) is 1. The fourth-order valence-corrected chi connectivity index (χ4v) is 5.39. The number of amides is 1. The van der Waals surface area contributed by atoms with E-state index in [0.717, 1.165) is 51.6 Å². The number of unbranched alkanes of at least 4 members (excludes halogenated alkanes) is 1. The van der Waals surface area contributed by atoms with Gasteiger partial charge in [0.25, 0.3) is 0 Å². The number of nitrogens with one attached hydrogen (secondary N) is 1. The molecule has 1 aromatic carbocycles. The number of hydrogen-bond acceptors (Lipinski definition) is 5. The molecule has 1 aromatic heterocycles. The zero-order chi connectivity index (χ0) is 24.4. The number of benzene rings is 1. The predicted molar refractivity (Wildman–Crippen MR) is 128 cm³/mol. The molecule has 3 aliphatic rings. The van der Waals surface area contributed by atoms with Crippen LogP contribution >= 0.6 is 0 Å². The van der Waals surface area contributed by atoms with Crippen molar-refractivity contribution in [1.29, 1.82) is 0 Å². The number of halogens is 3. The fourth-order valence-electron chi connectivity index (χ4n) is 5.39. The summed E-state index contributed by atoms with van der Waals surface area (Å²) in [5.74, 6) is -0.456. The van der Waals surface area contributed by atoms with Crippen LogP contribution in [0.1, 0.15) is 47.9 Å². The van der Waals surface area contributed by atoms with Crippen LogP contribution in [-0.4, -0.2) is 55.1 Å². The number of aromatic nitrogens is 1. The minimum atomic E-state index is -4.52. The van der Waals surface area contributed by atoms with Crippen molar-refractivity contribution in [2.24, 2.45) is 0 Å². The normalized spacial score (nSPS) is 18.3. The molecule has 1 fully saturated rings. The highest BCUT2D eigenvalue weighted by molar-refractivity contribution is 5.93. The standard InChI is InChI=1S/C26H31F3N4O2/c27-26(28,29)21-17-24(31-25-20(21)9-10-23(34)30-25)35-16-2-1-11-32-12-14-33(15-13-32)22-8-4-6-18-5-3-7-19(18)22/h4,6,8,17H,1-3,5,7,9-16H2,(H,30,31,34). The zero-order valence-electron chi connectivity index (χ0n) is 19.8. The zero-order valence-corrected chi connectivity index (χ0v) is 19.8. The van der Waals surface area contributed by atoms with Gasteiger partial charge in [-0.25, -0.2) is 0 Å². The highest BCUT2D eigenvalue weighted by Gasteiger charge is 2.37. The van der Waals surface area contributed by atoms with E-state index in [1.165, 1.54) is 36.1 Å². The second-order valence-corrected chi connectivity index (χ2v) is 9.53. The van der Waals surface area contributed by atoms with Gasteiger partial charge in [-0.2, -0.15) is 18.2 Å². The molecule has 2 aliphatic heterocycles. The Bertz CT molecular complexity index is 1080. The number of rotatable bonds is 7. The molecular weight excluding hydrogens is 457 g/mol. The Morgan fingerprint density at radius 3 is 2.63 bits per heavy atom. The van der Waals surface area contributed by atoms with Gasteiger partial charge in [0.05, 0.1) is 12.2 Å². The maximum Gasteiger partial charge on any atom is 0.417 e. The summed E-state index contributed by atoms with van der Waals surface area (Å²) < 4.78 is 46.1. The van der Waals surface area contributed by atoms with Gasteiger partial charge < -0.3 is 15.0 Å². The van der Waals surface area contributed by atoms with Gasteiger partial charge in [0, 0.05) is 49.9 Å². The largest absolute Gasteiger partial charge is 0.478 e. The number of pyridine rings is 1. The Balaban J connectivity index is 1.08. The van der Waals surface area contributed by atoms with Crippen molar-refractivity contribution in [3.05, 3.63) is 46.5 Å². The molecular formula is C26H31F3N4O2. The number of carbonyl (C=O) groups excluding carboxylic acids is 1. The van der Waals surface area contributed by atoms with Crippen LogP contribution in [0, 0.1) is 0 Å². The van der Waals surface area contributed by atoms with E-state index in [9.17, 15) is 18.0 Å². The van der Waals surface area contributed by atoms with E-state index >= 15 is 0 Å². The predicted octanol–water partition coefficient (Wildman–Crippen LogP) is 4.46. The Kier molecular flexibility index (Phi) is 6.86. The first kappa shape index (κ1) is 23.9. The summed E-state index contributed by atoms with van der Waals surface area (Å²) in [7, 11) is 0. The number of alkyl halides is 3. The molecule has 9 heteroatoms. The summed E-state index contributed by atoms with van der Waals surface area (Å²) in [6.07, 6.45) is 0.785. The second kappa shape index (κ2) is 10.0. The van der Waals surface area contributed by atoms with Crippen LogP contribution in [0.2, 0.25) is 0 Å². The van der Waals surface area contributed by atoms with Gasteiger partial charge in [-0.3, -0.25) is 9.69 Å². The average molecular weight is 489 g/mol. The number of nitrogens with zero attached hydrogens (tertiary/aromatic N) is 3. The molecule has 0 saturated carbocycles. The van der Waals surface area contributed by atoms with Crippen molar-refractivity contribution in [3.8, 4) is 5.88 Å². The summed E-state index contributed by atoms with van der Waals surface area (Å²) in [6.45, 7) is 5.26. The van der Waals surface area contributed by atoms with Crippen LogP contribution in [0.4, 0.5) is 24.7 Å². The Hall–Kier alpha value is -2.81. The average Bonchev–Trinajstić information content (AvgIpc) is 3.32. The van der Waals surface area contributed by atoms with Crippen LogP contribution in [0.15, 0.2) is 24.3 Å². The molecule has 1 amide bonds. The molecule has 0 bridgehead atoms. The Morgan fingerprint density at radius 2 is 1.83 bits per heavy atom. The van der Waals surface area contributed by atoms with Crippen molar-refractivity contribution < 1.29 is 22.7 Å². The monoisotopic (exact) mass is 488 g/mol. The lowest BCUT2D eigenvalue weighted by Crippen LogP contribution is -2.47. The van der Waals surface area contributed by atoms with E-state index in [0.29, 0.717) is 0 Å². The van der Waals surface area contributed by atoms with Gasteiger partial charge in [-0.05, 0) is 62.3 Å². The van der Waals surface area contributed by atoms with Crippen LogP contribution in [0.25, 0.3) is 0 Å². The Labute approximate surface area is 203 Å². The van der Waals surface area contributed by atoms with E-state index in [4.69, 9.17) is 4.74 Å². The summed E-state index contributed by atoms with van der Waals surface area (Å²) in [5.41, 5.74) is 3.69. The van der Waals surface area contributed by atoms with E-state index in [1.54, 1.807) is 0 Å². The van der Waals surface area contributed by atoms with Crippen LogP contribution in [0.5, 0.6) is 5.88 Å². The Morgan fingerprint density at radius 1 is 1.00 bits per heavy atom. The molecule has 0 atom stereocenters. The lowest BCUT2D eigenvalue weighted by Gasteiger charge is -2.37. The molecule has 6 nitrogen and oxygen atoms in total. The van der Waals surface area contributed by atoms with Gasteiger partial charge in [0.1, 0.15) is 5.82 Å². The van der Waals surface area contributed by atoms with Crippen molar-refractivity contribution in [3.63, 3.8) is 0 Å². The molecule has 0 radical (unpaired) electrons. The second-order valence-electron chi connectivity index (χ2n) is 9.53. The molecule has 1 aliphatic carbocycles.